The van der Waals surface area contributed by atoms with E-state index >= 15 is 0 Å². The summed E-state index contributed by atoms with van der Waals surface area (Å²) in [5.41, 5.74) is -1.22. The lowest BCUT2D eigenvalue weighted by atomic mass is 9.97. The Hall–Kier alpha value is -2.37. The van der Waals surface area contributed by atoms with E-state index < -0.39 is 23.1 Å². The Morgan fingerprint density at radius 3 is 2.26 bits per heavy atom. The van der Waals surface area contributed by atoms with E-state index in [0.29, 0.717) is 0 Å². The molecule has 0 radical (unpaired) electrons. The summed E-state index contributed by atoms with van der Waals surface area (Å²) in [7, 11) is 0. The number of hydrogen-bond donors (Lipinski definition) is 0. The Balaban J connectivity index is 2.38. The van der Waals surface area contributed by atoms with Gasteiger partial charge in [0.1, 0.15) is 22.6 Å². The second kappa shape index (κ2) is 4.38. The molecule has 98 valence electrons. The second-order valence-corrected chi connectivity index (χ2v) is 5.01. The summed E-state index contributed by atoms with van der Waals surface area (Å²) in [4.78, 5) is 43.3. The number of allylic oxidation sites excluding steroid dienone is 1. The standard InChI is InChI=1S/C13H12N2O4/c1-13(2,3)19-12(18)7-6-8(16)9-10(11(7)17)15-5-4-14-9/h4-6H,1-3H3. The van der Waals surface area contributed by atoms with Crippen molar-refractivity contribution in [2.45, 2.75) is 26.4 Å². The minimum atomic E-state index is -0.831. The van der Waals surface area contributed by atoms with Gasteiger partial charge in [0.15, 0.2) is 0 Å². The molecule has 0 saturated heterocycles. The number of aromatic nitrogens is 2. The third-order valence-corrected chi connectivity index (χ3v) is 2.29. The number of fused-ring (bicyclic) bond motifs is 1. The minimum absolute atomic E-state index is 0.0418. The predicted octanol–water partition coefficient (Wildman–Crippen LogP) is 1.12. The summed E-state index contributed by atoms with van der Waals surface area (Å²) >= 11 is 0. The van der Waals surface area contributed by atoms with E-state index in [2.05, 4.69) is 9.97 Å². The van der Waals surface area contributed by atoms with Gasteiger partial charge in [-0.2, -0.15) is 0 Å². The first kappa shape index (κ1) is 13.1. The number of esters is 1. The van der Waals surface area contributed by atoms with Gasteiger partial charge in [-0.1, -0.05) is 0 Å². The van der Waals surface area contributed by atoms with E-state index in [4.69, 9.17) is 4.74 Å². The van der Waals surface area contributed by atoms with Crippen LogP contribution in [-0.2, 0) is 9.53 Å². The first-order valence-corrected chi connectivity index (χ1v) is 5.64. The zero-order chi connectivity index (χ0) is 14.2. The van der Waals surface area contributed by atoms with Crippen molar-refractivity contribution in [2.75, 3.05) is 0 Å². The van der Waals surface area contributed by atoms with Crippen molar-refractivity contribution < 1.29 is 19.1 Å². The maximum Gasteiger partial charge on any atom is 0.342 e. The molecule has 0 amide bonds. The van der Waals surface area contributed by atoms with Crippen LogP contribution in [-0.4, -0.2) is 33.1 Å². The summed E-state index contributed by atoms with van der Waals surface area (Å²) in [5, 5.41) is 0. The third-order valence-electron chi connectivity index (χ3n) is 2.29. The first-order chi connectivity index (χ1) is 8.79. The maximum atomic E-state index is 12.1. The summed E-state index contributed by atoms with van der Waals surface area (Å²) in [6.07, 6.45) is 3.56. The van der Waals surface area contributed by atoms with Gasteiger partial charge in [-0.25, -0.2) is 14.8 Å². The zero-order valence-electron chi connectivity index (χ0n) is 10.8. The van der Waals surface area contributed by atoms with Crippen LogP contribution in [0.15, 0.2) is 24.0 Å². The molecule has 1 aromatic rings. The Morgan fingerprint density at radius 2 is 1.68 bits per heavy atom. The molecular weight excluding hydrogens is 248 g/mol. The van der Waals surface area contributed by atoms with Crippen LogP contribution in [0.1, 0.15) is 41.7 Å². The molecular formula is C13H12N2O4. The molecule has 1 heterocycles. The van der Waals surface area contributed by atoms with Gasteiger partial charge in [-0.05, 0) is 20.8 Å². The fraction of sp³-hybridized carbons (Fsp3) is 0.308. The van der Waals surface area contributed by atoms with Crippen LogP contribution in [0.3, 0.4) is 0 Å². The monoisotopic (exact) mass is 260 g/mol. The number of rotatable bonds is 1. The van der Waals surface area contributed by atoms with Crippen LogP contribution in [0.5, 0.6) is 0 Å². The molecule has 1 aromatic heterocycles. The summed E-state index contributed by atoms with van der Waals surface area (Å²) < 4.78 is 5.08. The van der Waals surface area contributed by atoms with Crippen LogP contribution < -0.4 is 0 Å². The highest BCUT2D eigenvalue weighted by Gasteiger charge is 2.34. The van der Waals surface area contributed by atoms with Crippen molar-refractivity contribution >= 4 is 17.5 Å². The molecule has 0 bridgehead atoms. The number of ketones is 2. The third kappa shape index (κ3) is 2.57. The van der Waals surface area contributed by atoms with Crippen LogP contribution in [0.25, 0.3) is 0 Å². The van der Waals surface area contributed by atoms with Crippen molar-refractivity contribution in [3.63, 3.8) is 0 Å². The van der Waals surface area contributed by atoms with Crippen LogP contribution in [0, 0.1) is 0 Å². The lowest BCUT2D eigenvalue weighted by Gasteiger charge is -2.21. The predicted molar refractivity (Wildman–Crippen MR) is 64.6 cm³/mol. The molecule has 0 fully saturated rings. The van der Waals surface area contributed by atoms with Gasteiger partial charge in [0, 0.05) is 18.5 Å². The topological polar surface area (TPSA) is 86.2 Å². The smallest absolute Gasteiger partial charge is 0.342 e. The molecule has 0 spiro atoms. The van der Waals surface area contributed by atoms with Crippen molar-refractivity contribution in [3.05, 3.63) is 35.4 Å². The average molecular weight is 260 g/mol. The highest BCUT2D eigenvalue weighted by atomic mass is 16.6. The van der Waals surface area contributed by atoms with Crippen molar-refractivity contribution in [1.82, 2.24) is 9.97 Å². The fourth-order valence-corrected chi connectivity index (χ4v) is 1.56. The molecule has 0 aliphatic heterocycles. The van der Waals surface area contributed by atoms with Crippen LogP contribution in [0.4, 0.5) is 0 Å². The lowest BCUT2D eigenvalue weighted by molar-refractivity contribution is -0.149. The molecule has 0 atom stereocenters. The molecule has 6 heteroatoms. The maximum absolute atomic E-state index is 12.1. The fourth-order valence-electron chi connectivity index (χ4n) is 1.56. The highest BCUT2D eigenvalue weighted by Crippen LogP contribution is 2.20. The van der Waals surface area contributed by atoms with E-state index in [0.717, 1.165) is 6.08 Å². The van der Waals surface area contributed by atoms with E-state index in [1.165, 1.54) is 12.4 Å². The van der Waals surface area contributed by atoms with Crippen LogP contribution in [0.2, 0.25) is 0 Å². The van der Waals surface area contributed by atoms with Gasteiger partial charge in [-0.3, -0.25) is 9.59 Å². The molecule has 0 saturated carbocycles. The van der Waals surface area contributed by atoms with Gasteiger partial charge in [0.05, 0.1) is 0 Å². The average Bonchev–Trinajstić information content (AvgIpc) is 2.31. The van der Waals surface area contributed by atoms with Gasteiger partial charge >= 0.3 is 5.97 Å². The number of hydrogen-bond acceptors (Lipinski definition) is 6. The molecule has 1 aliphatic carbocycles. The number of carbonyl (C=O) groups excluding carboxylic acids is 3. The van der Waals surface area contributed by atoms with Gasteiger partial charge in [0.2, 0.25) is 11.6 Å². The van der Waals surface area contributed by atoms with Crippen molar-refractivity contribution in [2.24, 2.45) is 0 Å². The molecule has 1 aliphatic rings. The highest BCUT2D eigenvalue weighted by molar-refractivity contribution is 6.32. The molecule has 6 nitrogen and oxygen atoms in total. The van der Waals surface area contributed by atoms with E-state index in [1.54, 1.807) is 20.8 Å². The summed E-state index contributed by atoms with van der Waals surface area (Å²) in [6.45, 7) is 5.02. The molecule has 0 N–H and O–H groups in total. The molecule has 19 heavy (non-hydrogen) atoms. The van der Waals surface area contributed by atoms with E-state index in [9.17, 15) is 14.4 Å². The number of nitrogens with zero attached hydrogens (tertiary/aromatic N) is 2. The second-order valence-electron chi connectivity index (χ2n) is 5.01. The van der Waals surface area contributed by atoms with Crippen LogP contribution >= 0.6 is 0 Å². The largest absolute Gasteiger partial charge is 0.456 e. The number of ether oxygens (including phenoxy) is 1. The molecule has 2 rings (SSSR count). The molecule has 0 unspecified atom stereocenters. The SMILES string of the molecule is CC(C)(C)OC(=O)C1=CC(=O)c2nccnc2C1=O. The number of Topliss-reactive ketones (excluding diaryl/α,β-unsaturated/α-hetero) is 1. The summed E-state index contributed by atoms with van der Waals surface area (Å²) in [6, 6.07) is 0. The Kier molecular flexibility index (Phi) is 3.01. The quantitative estimate of drug-likeness (QED) is 0.555. The Bertz CT molecular complexity index is 611. The minimum Gasteiger partial charge on any atom is -0.456 e. The van der Waals surface area contributed by atoms with Gasteiger partial charge in [-0.15, -0.1) is 0 Å². The Morgan fingerprint density at radius 1 is 1.11 bits per heavy atom. The van der Waals surface area contributed by atoms with Gasteiger partial charge < -0.3 is 4.74 Å². The van der Waals surface area contributed by atoms with Gasteiger partial charge in [0.25, 0.3) is 0 Å². The van der Waals surface area contributed by atoms with E-state index in [-0.39, 0.29) is 17.0 Å². The first-order valence-electron chi connectivity index (χ1n) is 5.64. The van der Waals surface area contributed by atoms with Crippen molar-refractivity contribution in [1.29, 1.82) is 0 Å². The normalized spacial score (nSPS) is 14.8. The zero-order valence-corrected chi connectivity index (χ0v) is 10.8. The van der Waals surface area contributed by atoms with E-state index in [1.807, 2.05) is 0 Å². The van der Waals surface area contributed by atoms with Crippen molar-refractivity contribution in [3.8, 4) is 0 Å². The Labute approximate surface area is 109 Å². The lowest BCUT2D eigenvalue weighted by Crippen LogP contribution is -2.30. The number of carbonyl (C=O) groups is 3. The summed E-state index contributed by atoms with van der Waals surface area (Å²) in [5.74, 6) is -2.00. The molecule has 0 aromatic carbocycles.